The van der Waals surface area contributed by atoms with Crippen LogP contribution >= 0.6 is 7.75 Å². The smallest absolute Gasteiger partial charge is 0.481 e. The molecule has 0 unspecified atom stereocenters. The van der Waals surface area contributed by atoms with Crippen molar-refractivity contribution in [2.45, 2.75) is 24.9 Å². The number of carbonyl (C=O) groups excluding carboxylic acids is 2. The maximum absolute atomic E-state index is 11.5. The molecule has 0 radical (unpaired) electrons. The number of rotatable bonds is 8. The van der Waals surface area contributed by atoms with E-state index >= 15 is 0 Å². The van der Waals surface area contributed by atoms with Gasteiger partial charge in [0.2, 0.25) is 0 Å². The van der Waals surface area contributed by atoms with Crippen molar-refractivity contribution in [1.29, 1.82) is 0 Å². The zero-order valence-corrected chi connectivity index (χ0v) is 11.4. The third-order valence-electron chi connectivity index (χ3n) is 1.83. The van der Waals surface area contributed by atoms with Gasteiger partial charge in [-0.3, -0.25) is 9.59 Å². The monoisotopic (exact) mass is 327 g/mol. The molecule has 0 saturated heterocycles. The van der Waals surface area contributed by atoms with Crippen LogP contribution in [0.1, 0.15) is 12.8 Å². The lowest BCUT2D eigenvalue weighted by molar-refractivity contribution is -0.146. The maximum Gasteiger partial charge on any atom is 0.514 e. The van der Waals surface area contributed by atoms with Gasteiger partial charge in [-0.15, -0.1) is 0 Å². The molecule has 0 aliphatic rings. The molecule has 0 rings (SSSR count). The van der Waals surface area contributed by atoms with Crippen LogP contribution in [-0.4, -0.2) is 46.2 Å². The van der Waals surface area contributed by atoms with Crippen LogP contribution in [0.25, 0.3) is 0 Å². The third kappa shape index (κ3) is 7.99. The van der Waals surface area contributed by atoms with Crippen molar-refractivity contribution in [3.8, 4) is 0 Å². The van der Waals surface area contributed by atoms with Crippen LogP contribution in [0.15, 0.2) is 0 Å². The van der Waals surface area contributed by atoms with Crippen LogP contribution in [0.2, 0.25) is 0 Å². The highest BCUT2D eigenvalue weighted by Gasteiger charge is 2.33. The molecule has 8 N–H and O–H groups in total. The second kappa shape index (κ2) is 7.69. The predicted molar refractivity (Wildman–Crippen MR) is 64.4 cm³/mol. The lowest BCUT2D eigenvalue weighted by Gasteiger charge is -2.16. The molecule has 0 fully saturated rings. The van der Waals surface area contributed by atoms with Crippen molar-refractivity contribution < 1.29 is 43.0 Å². The van der Waals surface area contributed by atoms with E-state index in [4.69, 9.17) is 27.2 Å². The highest BCUT2D eigenvalue weighted by atomic mass is 31.2. The van der Waals surface area contributed by atoms with Gasteiger partial charge in [0, 0.05) is 0 Å². The molecule has 0 aliphatic carbocycles. The average Bonchev–Trinajstić information content (AvgIpc) is 2.25. The summed E-state index contributed by atoms with van der Waals surface area (Å²) in [4.78, 5) is 43.1. The Morgan fingerprint density at radius 2 is 1.19 bits per heavy atom. The fraction of sp³-hybridized carbons (Fsp3) is 0.500. The normalized spacial score (nSPS) is 13.9. The van der Waals surface area contributed by atoms with Crippen molar-refractivity contribution in [3.63, 3.8) is 0 Å². The third-order valence-corrected chi connectivity index (χ3v) is 2.70. The SMILES string of the molecule is N[C@@H](CC(=O)O)C(=O)OP(N)(=O)OC(=O)[C@@H](N)CC(=O)O. The molecular formula is C8H14N3O9P. The summed E-state index contributed by atoms with van der Waals surface area (Å²) in [6.07, 6.45) is -1.66. The minimum atomic E-state index is -4.74. The Labute approximate surface area is 117 Å². The zero-order chi connectivity index (χ0) is 16.8. The standard InChI is InChI=1S/C8H14N3O9P/c9-3(1-5(12)13)7(16)19-21(11,18)20-8(17)4(10)2-6(14)15/h3-4H,1-2,9-10H2,(H2,11,18)(H,12,13)(H,14,15)/t3-,4-/m0/s1. The average molecular weight is 327 g/mol. The van der Waals surface area contributed by atoms with E-state index in [1.54, 1.807) is 0 Å². The topological polar surface area (TPSA) is 222 Å². The summed E-state index contributed by atoms with van der Waals surface area (Å²) in [5, 5.41) is 16.8. The Morgan fingerprint density at radius 3 is 1.43 bits per heavy atom. The molecule has 13 heteroatoms. The van der Waals surface area contributed by atoms with Gasteiger partial charge < -0.3 is 30.7 Å². The second-order valence-corrected chi connectivity index (χ2v) is 5.21. The lowest BCUT2D eigenvalue weighted by atomic mass is 10.2. The number of carboxylic acids is 2. The van der Waals surface area contributed by atoms with E-state index < -0.39 is 56.5 Å². The summed E-state index contributed by atoms with van der Waals surface area (Å²) >= 11 is 0. The second-order valence-electron chi connectivity index (χ2n) is 3.77. The Kier molecular flexibility index (Phi) is 6.95. The summed E-state index contributed by atoms with van der Waals surface area (Å²) in [7, 11) is -4.74. The summed E-state index contributed by atoms with van der Waals surface area (Å²) in [5.74, 6) is -5.79. The summed E-state index contributed by atoms with van der Waals surface area (Å²) in [6.45, 7) is 0. The van der Waals surface area contributed by atoms with Gasteiger partial charge in [-0.2, -0.15) is 0 Å². The van der Waals surface area contributed by atoms with Crippen LogP contribution in [0.5, 0.6) is 0 Å². The van der Waals surface area contributed by atoms with Gasteiger partial charge in [0.1, 0.15) is 12.1 Å². The molecule has 21 heavy (non-hydrogen) atoms. The summed E-state index contributed by atoms with van der Waals surface area (Å²) in [6, 6.07) is -3.35. The number of aliphatic carboxylic acids is 2. The van der Waals surface area contributed by atoms with E-state index in [2.05, 4.69) is 9.05 Å². The Bertz CT molecular complexity index is 453. The molecule has 0 aromatic heterocycles. The van der Waals surface area contributed by atoms with E-state index in [-0.39, 0.29) is 0 Å². The summed E-state index contributed by atoms with van der Waals surface area (Å²) < 4.78 is 19.7. The van der Waals surface area contributed by atoms with Crippen molar-refractivity contribution in [2.24, 2.45) is 17.0 Å². The van der Waals surface area contributed by atoms with Crippen molar-refractivity contribution in [3.05, 3.63) is 0 Å². The van der Waals surface area contributed by atoms with E-state index in [1.807, 2.05) is 0 Å². The Balaban J connectivity index is 4.59. The first-order valence-electron chi connectivity index (χ1n) is 5.25. The Hall–Kier alpha value is -2.01. The molecule has 12 nitrogen and oxygen atoms in total. The van der Waals surface area contributed by atoms with Crippen LogP contribution < -0.4 is 17.0 Å². The molecule has 0 heterocycles. The number of hydrogen-bond donors (Lipinski definition) is 5. The lowest BCUT2D eigenvalue weighted by Crippen LogP contribution is -2.37. The minimum Gasteiger partial charge on any atom is -0.481 e. The molecule has 0 aliphatic heterocycles. The molecule has 0 amide bonds. The fourth-order valence-electron chi connectivity index (χ4n) is 0.948. The van der Waals surface area contributed by atoms with Gasteiger partial charge >= 0.3 is 31.6 Å². The minimum absolute atomic E-state index is 0.828. The maximum atomic E-state index is 11.5. The molecule has 0 saturated carbocycles. The van der Waals surface area contributed by atoms with Gasteiger partial charge in [-0.05, 0) is 0 Å². The van der Waals surface area contributed by atoms with Crippen molar-refractivity contribution in [1.82, 2.24) is 0 Å². The summed E-state index contributed by atoms with van der Waals surface area (Å²) in [5.41, 5.74) is 15.1. The quantitative estimate of drug-likeness (QED) is 0.298. The van der Waals surface area contributed by atoms with E-state index in [0.29, 0.717) is 0 Å². The van der Waals surface area contributed by atoms with Gasteiger partial charge in [-0.25, -0.2) is 19.7 Å². The first kappa shape index (κ1) is 19.0. The van der Waals surface area contributed by atoms with Crippen molar-refractivity contribution in [2.75, 3.05) is 0 Å². The first-order chi connectivity index (χ1) is 9.44. The largest absolute Gasteiger partial charge is 0.514 e. The van der Waals surface area contributed by atoms with Crippen LogP contribution in [0.4, 0.5) is 0 Å². The molecule has 0 spiro atoms. The number of carbonyl (C=O) groups is 4. The van der Waals surface area contributed by atoms with Crippen molar-refractivity contribution >= 4 is 31.6 Å². The van der Waals surface area contributed by atoms with Crippen LogP contribution in [0, 0.1) is 0 Å². The highest BCUT2D eigenvalue weighted by Crippen LogP contribution is 2.40. The van der Waals surface area contributed by atoms with Gasteiger partial charge in [0.15, 0.2) is 0 Å². The van der Waals surface area contributed by atoms with E-state index in [9.17, 15) is 23.7 Å². The number of nitrogens with two attached hydrogens (primary N) is 3. The van der Waals surface area contributed by atoms with Gasteiger partial charge in [0.25, 0.3) is 0 Å². The number of carboxylic acid groups (broad SMARTS) is 2. The molecule has 0 aromatic rings. The number of hydrogen-bond acceptors (Lipinski definition) is 9. The highest BCUT2D eigenvalue weighted by molar-refractivity contribution is 7.52. The van der Waals surface area contributed by atoms with E-state index in [1.165, 1.54) is 0 Å². The molecule has 120 valence electrons. The fourth-order valence-corrected chi connectivity index (χ4v) is 1.76. The molecular weight excluding hydrogens is 313 g/mol. The van der Waals surface area contributed by atoms with E-state index in [0.717, 1.165) is 0 Å². The van der Waals surface area contributed by atoms with Gasteiger partial charge in [0.05, 0.1) is 12.8 Å². The molecule has 0 bridgehead atoms. The van der Waals surface area contributed by atoms with Crippen LogP contribution in [0.3, 0.4) is 0 Å². The zero-order valence-electron chi connectivity index (χ0n) is 10.5. The Morgan fingerprint density at radius 1 is 0.905 bits per heavy atom. The first-order valence-corrected chi connectivity index (χ1v) is 6.86. The molecule has 0 aromatic carbocycles. The van der Waals surface area contributed by atoms with Gasteiger partial charge in [-0.1, -0.05) is 0 Å². The molecule has 2 atom stereocenters. The van der Waals surface area contributed by atoms with Crippen LogP contribution in [-0.2, 0) is 32.8 Å². The predicted octanol–water partition coefficient (Wildman–Crippen LogP) is -2.26.